The predicted molar refractivity (Wildman–Crippen MR) is 84.0 cm³/mol. The summed E-state index contributed by atoms with van der Waals surface area (Å²) < 4.78 is 26.4. The summed E-state index contributed by atoms with van der Waals surface area (Å²) in [4.78, 5) is 14.2. The van der Waals surface area contributed by atoms with Crippen LogP contribution >= 0.6 is 0 Å². The highest BCUT2D eigenvalue weighted by molar-refractivity contribution is 7.89. The molecule has 0 bridgehead atoms. The number of sulfonamides is 1. The standard InChI is InChI=1S/C15H24N2O3S/c1-6-7-8-17(5)15(18)13-9-11(2)12(3)14(10-13)21(19,20)16-4/h9-10,16H,6-8H2,1-5H3. The number of unbranched alkanes of at least 4 members (excludes halogenated alkanes) is 1. The zero-order valence-corrected chi connectivity index (χ0v) is 14.2. The van der Waals surface area contributed by atoms with Crippen LogP contribution in [-0.2, 0) is 10.0 Å². The third-order valence-corrected chi connectivity index (χ3v) is 5.16. The van der Waals surface area contributed by atoms with Crippen molar-refractivity contribution in [1.82, 2.24) is 9.62 Å². The zero-order valence-electron chi connectivity index (χ0n) is 13.4. The van der Waals surface area contributed by atoms with Crippen LogP contribution in [0.3, 0.4) is 0 Å². The fourth-order valence-electron chi connectivity index (χ4n) is 2.06. The molecular formula is C15H24N2O3S. The van der Waals surface area contributed by atoms with Crippen LogP contribution in [0.2, 0.25) is 0 Å². The Bertz CT molecular complexity index is 624. The van der Waals surface area contributed by atoms with Crippen molar-refractivity contribution < 1.29 is 13.2 Å². The van der Waals surface area contributed by atoms with Crippen molar-refractivity contribution in [1.29, 1.82) is 0 Å². The van der Waals surface area contributed by atoms with Gasteiger partial charge in [0.15, 0.2) is 0 Å². The van der Waals surface area contributed by atoms with Gasteiger partial charge in [-0.3, -0.25) is 4.79 Å². The van der Waals surface area contributed by atoms with Crippen LogP contribution in [0, 0.1) is 13.8 Å². The van der Waals surface area contributed by atoms with Gasteiger partial charge < -0.3 is 4.90 Å². The highest BCUT2D eigenvalue weighted by atomic mass is 32.2. The second-order valence-corrected chi connectivity index (χ2v) is 7.06. The van der Waals surface area contributed by atoms with Crippen molar-refractivity contribution in [2.75, 3.05) is 20.6 Å². The fraction of sp³-hybridized carbons (Fsp3) is 0.533. The number of carbonyl (C=O) groups is 1. The molecule has 1 amide bonds. The number of hydrogen-bond acceptors (Lipinski definition) is 3. The lowest BCUT2D eigenvalue weighted by molar-refractivity contribution is 0.0793. The Morgan fingerprint density at radius 3 is 2.43 bits per heavy atom. The van der Waals surface area contributed by atoms with Gasteiger partial charge in [0.05, 0.1) is 4.90 Å². The van der Waals surface area contributed by atoms with E-state index in [1.54, 1.807) is 24.9 Å². The molecule has 5 nitrogen and oxygen atoms in total. The maximum atomic E-state index is 12.4. The molecule has 1 aromatic rings. The minimum absolute atomic E-state index is 0.154. The first-order valence-corrected chi connectivity index (χ1v) is 8.53. The van der Waals surface area contributed by atoms with E-state index in [9.17, 15) is 13.2 Å². The molecule has 0 aliphatic carbocycles. The molecule has 6 heteroatoms. The average Bonchev–Trinajstić information content (AvgIpc) is 2.46. The molecule has 1 N–H and O–H groups in total. The molecule has 0 heterocycles. The van der Waals surface area contributed by atoms with Gasteiger partial charge in [0.2, 0.25) is 10.0 Å². The largest absolute Gasteiger partial charge is 0.342 e. The Hall–Kier alpha value is -1.40. The molecule has 0 fully saturated rings. The summed E-state index contributed by atoms with van der Waals surface area (Å²) in [6.45, 7) is 6.28. The Kier molecular flexibility index (Phi) is 5.92. The summed E-state index contributed by atoms with van der Waals surface area (Å²) in [6, 6.07) is 3.20. The summed E-state index contributed by atoms with van der Waals surface area (Å²) in [5.41, 5.74) is 1.86. The zero-order chi connectivity index (χ0) is 16.2. The van der Waals surface area contributed by atoms with Crippen LogP contribution in [0.5, 0.6) is 0 Å². The highest BCUT2D eigenvalue weighted by Crippen LogP contribution is 2.21. The van der Waals surface area contributed by atoms with E-state index in [1.165, 1.54) is 13.1 Å². The second kappa shape index (κ2) is 7.04. The van der Waals surface area contributed by atoms with Gasteiger partial charge in [0, 0.05) is 19.2 Å². The Balaban J connectivity index is 3.25. The molecule has 118 valence electrons. The fourth-order valence-corrected chi connectivity index (χ4v) is 3.12. The smallest absolute Gasteiger partial charge is 0.253 e. The topological polar surface area (TPSA) is 66.5 Å². The average molecular weight is 312 g/mol. The molecule has 0 aromatic heterocycles. The van der Waals surface area contributed by atoms with Gasteiger partial charge in [-0.05, 0) is 50.6 Å². The van der Waals surface area contributed by atoms with Crippen LogP contribution in [0.4, 0.5) is 0 Å². The summed E-state index contributed by atoms with van der Waals surface area (Å²) in [7, 11) is -0.468. The van der Waals surface area contributed by atoms with Crippen molar-refractivity contribution in [3.05, 3.63) is 28.8 Å². The molecule has 0 aliphatic rings. The van der Waals surface area contributed by atoms with E-state index in [2.05, 4.69) is 11.6 Å². The molecule has 21 heavy (non-hydrogen) atoms. The number of nitrogens with one attached hydrogen (secondary N) is 1. The van der Waals surface area contributed by atoms with Crippen LogP contribution < -0.4 is 4.72 Å². The van der Waals surface area contributed by atoms with E-state index in [1.807, 2.05) is 6.92 Å². The van der Waals surface area contributed by atoms with Crippen molar-refractivity contribution in [3.8, 4) is 0 Å². The maximum absolute atomic E-state index is 12.4. The van der Waals surface area contributed by atoms with Gasteiger partial charge in [-0.2, -0.15) is 0 Å². The SMILES string of the molecule is CCCCN(C)C(=O)c1cc(C)c(C)c(S(=O)(=O)NC)c1. The molecule has 1 aromatic carbocycles. The molecule has 0 saturated heterocycles. The molecule has 0 aliphatic heterocycles. The number of amides is 1. The van der Waals surface area contributed by atoms with Gasteiger partial charge in [-0.25, -0.2) is 13.1 Å². The predicted octanol–water partition coefficient (Wildman–Crippen LogP) is 2.08. The molecule has 0 atom stereocenters. The summed E-state index contributed by atoms with van der Waals surface area (Å²) in [6.07, 6.45) is 1.93. The Morgan fingerprint density at radius 1 is 1.29 bits per heavy atom. The second-order valence-electron chi connectivity index (χ2n) is 5.20. The van der Waals surface area contributed by atoms with Gasteiger partial charge >= 0.3 is 0 Å². The van der Waals surface area contributed by atoms with Gasteiger partial charge in [-0.1, -0.05) is 13.3 Å². The first kappa shape index (κ1) is 17.7. The van der Waals surface area contributed by atoms with E-state index in [0.29, 0.717) is 17.7 Å². The minimum atomic E-state index is -3.57. The lowest BCUT2D eigenvalue weighted by atomic mass is 10.1. The van der Waals surface area contributed by atoms with E-state index in [0.717, 1.165) is 18.4 Å². The van der Waals surface area contributed by atoms with Crippen LogP contribution in [0.15, 0.2) is 17.0 Å². The number of rotatable bonds is 6. The van der Waals surface area contributed by atoms with Crippen molar-refractivity contribution >= 4 is 15.9 Å². The van der Waals surface area contributed by atoms with Gasteiger partial charge in [0.25, 0.3) is 5.91 Å². The highest BCUT2D eigenvalue weighted by Gasteiger charge is 2.20. The number of benzene rings is 1. The summed E-state index contributed by atoms with van der Waals surface area (Å²) in [5, 5.41) is 0. The lowest BCUT2D eigenvalue weighted by Gasteiger charge is -2.18. The molecule has 0 saturated carbocycles. The molecule has 0 spiro atoms. The minimum Gasteiger partial charge on any atom is -0.342 e. The number of hydrogen-bond donors (Lipinski definition) is 1. The van der Waals surface area contributed by atoms with E-state index >= 15 is 0 Å². The third-order valence-electron chi connectivity index (χ3n) is 3.62. The van der Waals surface area contributed by atoms with Gasteiger partial charge in [-0.15, -0.1) is 0 Å². The third kappa shape index (κ3) is 4.04. The van der Waals surface area contributed by atoms with E-state index in [4.69, 9.17) is 0 Å². The van der Waals surface area contributed by atoms with Crippen LogP contribution in [0.25, 0.3) is 0 Å². The number of aryl methyl sites for hydroxylation is 1. The molecular weight excluding hydrogens is 288 g/mol. The first-order valence-electron chi connectivity index (χ1n) is 7.04. The van der Waals surface area contributed by atoms with Crippen molar-refractivity contribution in [2.24, 2.45) is 0 Å². The van der Waals surface area contributed by atoms with E-state index in [-0.39, 0.29) is 10.8 Å². The quantitative estimate of drug-likeness (QED) is 0.874. The maximum Gasteiger partial charge on any atom is 0.253 e. The van der Waals surface area contributed by atoms with Crippen molar-refractivity contribution in [2.45, 2.75) is 38.5 Å². The van der Waals surface area contributed by atoms with Crippen LogP contribution in [0.1, 0.15) is 41.3 Å². The lowest BCUT2D eigenvalue weighted by Crippen LogP contribution is -2.28. The molecule has 0 radical (unpaired) electrons. The van der Waals surface area contributed by atoms with Crippen LogP contribution in [-0.4, -0.2) is 39.9 Å². The first-order chi connectivity index (χ1) is 9.74. The molecule has 0 unspecified atom stereocenters. The summed E-state index contributed by atoms with van der Waals surface area (Å²) in [5.74, 6) is -0.154. The Morgan fingerprint density at radius 2 is 1.90 bits per heavy atom. The normalized spacial score (nSPS) is 11.5. The van der Waals surface area contributed by atoms with Crippen molar-refractivity contribution in [3.63, 3.8) is 0 Å². The number of carbonyl (C=O) groups excluding carboxylic acids is 1. The van der Waals surface area contributed by atoms with Gasteiger partial charge in [0.1, 0.15) is 0 Å². The van der Waals surface area contributed by atoms with E-state index < -0.39 is 10.0 Å². The number of nitrogens with zero attached hydrogens (tertiary/aromatic N) is 1. The Labute approximate surface area is 127 Å². The monoisotopic (exact) mass is 312 g/mol. The summed E-state index contributed by atoms with van der Waals surface area (Å²) >= 11 is 0. The molecule has 1 rings (SSSR count).